The monoisotopic (exact) mass is 474 g/mol. The lowest BCUT2D eigenvalue weighted by Crippen LogP contribution is -2.48. The van der Waals surface area contributed by atoms with Crippen LogP contribution in [0.15, 0.2) is 11.6 Å². The summed E-state index contributed by atoms with van der Waals surface area (Å²) < 4.78 is 5.49. The van der Waals surface area contributed by atoms with Gasteiger partial charge in [0.1, 0.15) is 0 Å². The molecule has 3 fully saturated rings. The molecule has 0 aromatic heterocycles. The molecule has 8 atom stereocenters. The van der Waals surface area contributed by atoms with Crippen LogP contribution in [-0.4, -0.2) is 35.1 Å². The molecule has 34 heavy (non-hydrogen) atoms. The number of rotatable bonds is 7. The van der Waals surface area contributed by atoms with Crippen molar-refractivity contribution in [2.24, 2.45) is 46.3 Å². The summed E-state index contributed by atoms with van der Waals surface area (Å²) in [5.74, 6) is 4.14. The molecule has 0 bridgehead atoms. The SMILES string of the molecule is CC[C@H]1[C@H]([C@@H]2CC[C@H]([C@H](C)CC[C@@H](O)C3CCOCC3)C2(C)C)CC=C2C[C@@](C)(O)CC[C@@]21C. The van der Waals surface area contributed by atoms with Gasteiger partial charge in [-0.15, -0.1) is 0 Å². The predicted octanol–water partition coefficient (Wildman–Crippen LogP) is 7.16. The van der Waals surface area contributed by atoms with Crippen LogP contribution in [0.2, 0.25) is 0 Å². The Hall–Kier alpha value is -0.380. The second kappa shape index (κ2) is 10.2. The molecule has 1 heterocycles. The maximum atomic E-state index is 10.8. The summed E-state index contributed by atoms with van der Waals surface area (Å²) in [5, 5.41) is 21.6. The number of aliphatic hydroxyl groups excluding tert-OH is 1. The quantitative estimate of drug-likeness (QED) is 0.385. The lowest BCUT2D eigenvalue weighted by molar-refractivity contribution is -0.0336. The molecule has 1 aliphatic heterocycles. The first-order chi connectivity index (χ1) is 16.0. The van der Waals surface area contributed by atoms with E-state index in [1.807, 2.05) is 6.92 Å². The van der Waals surface area contributed by atoms with Crippen LogP contribution in [0.25, 0.3) is 0 Å². The Kier molecular flexibility index (Phi) is 7.98. The van der Waals surface area contributed by atoms with Crippen molar-refractivity contribution in [3.8, 4) is 0 Å². The van der Waals surface area contributed by atoms with Gasteiger partial charge in [-0.3, -0.25) is 0 Å². The third-order valence-corrected chi connectivity index (χ3v) is 11.5. The Bertz CT molecular complexity index is 718. The van der Waals surface area contributed by atoms with Crippen LogP contribution in [0.1, 0.15) is 112 Å². The van der Waals surface area contributed by atoms with Crippen LogP contribution in [0, 0.1) is 46.3 Å². The van der Waals surface area contributed by atoms with Gasteiger partial charge < -0.3 is 14.9 Å². The minimum atomic E-state index is -0.515. The summed E-state index contributed by atoms with van der Waals surface area (Å²) >= 11 is 0. The Balaban J connectivity index is 1.42. The van der Waals surface area contributed by atoms with E-state index < -0.39 is 5.60 Å². The third kappa shape index (κ3) is 5.05. The second-order valence-corrected chi connectivity index (χ2v) is 13.9. The summed E-state index contributed by atoms with van der Waals surface area (Å²) in [4.78, 5) is 0. The van der Waals surface area contributed by atoms with Gasteiger partial charge in [0.25, 0.3) is 0 Å². The zero-order valence-electron chi connectivity index (χ0n) is 23.1. The zero-order chi connectivity index (χ0) is 24.7. The maximum absolute atomic E-state index is 10.8. The van der Waals surface area contributed by atoms with E-state index in [2.05, 4.69) is 40.7 Å². The van der Waals surface area contributed by atoms with Crippen LogP contribution < -0.4 is 0 Å². The van der Waals surface area contributed by atoms with E-state index in [1.165, 1.54) is 25.7 Å². The normalized spacial score (nSPS) is 42.6. The fourth-order valence-electron chi connectivity index (χ4n) is 9.36. The van der Waals surface area contributed by atoms with Crippen molar-refractivity contribution < 1.29 is 14.9 Å². The molecule has 3 aliphatic carbocycles. The van der Waals surface area contributed by atoms with Crippen molar-refractivity contribution >= 4 is 0 Å². The molecular formula is C31H54O3. The highest BCUT2D eigenvalue weighted by molar-refractivity contribution is 5.25. The highest BCUT2D eigenvalue weighted by atomic mass is 16.5. The summed E-state index contributed by atoms with van der Waals surface area (Å²) in [6, 6.07) is 0. The van der Waals surface area contributed by atoms with Crippen LogP contribution in [-0.2, 0) is 4.74 Å². The Morgan fingerprint density at radius 2 is 1.74 bits per heavy atom. The average Bonchev–Trinajstić information content (AvgIpc) is 3.11. The third-order valence-electron chi connectivity index (χ3n) is 11.5. The Morgan fingerprint density at radius 1 is 1.03 bits per heavy atom. The Labute approximate surface area is 210 Å². The molecule has 0 aromatic carbocycles. The van der Waals surface area contributed by atoms with Crippen LogP contribution in [0.5, 0.6) is 0 Å². The van der Waals surface area contributed by atoms with Gasteiger partial charge in [0.05, 0.1) is 11.7 Å². The molecule has 4 rings (SSSR count). The van der Waals surface area contributed by atoms with E-state index in [4.69, 9.17) is 4.74 Å². The van der Waals surface area contributed by atoms with Gasteiger partial charge in [-0.2, -0.15) is 0 Å². The number of fused-ring (bicyclic) bond motifs is 1. The highest BCUT2D eigenvalue weighted by Crippen LogP contribution is 2.62. The van der Waals surface area contributed by atoms with Crippen molar-refractivity contribution in [2.75, 3.05) is 13.2 Å². The molecule has 0 amide bonds. The van der Waals surface area contributed by atoms with E-state index in [1.54, 1.807) is 5.57 Å². The average molecular weight is 475 g/mol. The minimum absolute atomic E-state index is 0.151. The Morgan fingerprint density at radius 3 is 2.41 bits per heavy atom. The fraction of sp³-hybridized carbons (Fsp3) is 0.935. The van der Waals surface area contributed by atoms with E-state index in [0.29, 0.717) is 17.3 Å². The number of hydrogen-bond donors (Lipinski definition) is 2. The number of hydrogen-bond acceptors (Lipinski definition) is 3. The largest absolute Gasteiger partial charge is 0.393 e. The van der Waals surface area contributed by atoms with Crippen molar-refractivity contribution in [1.82, 2.24) is 0 Å². The molecule has 4 aliphatic rings. The van der Waals surface area contributed by atoms with Crippen molar-refractivity contribution in [3.05, 3.63) is 11.6 Å². The van der Waals surface area contributed by atoms with E-state index in [0.717, 1.165) is 81.8 Å². The first kappa shape index (κ1) is 26.7. The molecule has 1 saturated heterocycles. The predicted molar refractivity (Wildman–Crippen MR) is 140 cm³/mol. The standard InChI is InChI=1S/C31H54O3/c1-7-25-24(10-9-23-20-30(5,33)16-17-31(23,25)6)27-12-11-26(29(27,3)4)21(2)8-13-28(32)22-14-18-34-19-15-22/h9,21-22,24-28,32-33H,7-8,10-20H2,1-6H3/t21-,24-,25+,26-,27+,28-,30+,31+/m1/s1. The summed E-state index contributed by atoms with van der Waals surface area (Å²) in [6.07, 6.45) is 14.7. The summed E-state index contributed by atoms with van der Waals surface area (Å²) in [6.45, 7) is 16.2. The van der Waals surface area contributed by atoms with Gasteiger partial charge in [0.15, 0.2) is 0 Å². The smallest absolute Gasteiger partial charge is 0.0657 e. The van der Waals surface area contributed by atoms with Crippen molar-refractivity contribution in [3.63, 3.8) is 0 Å². The van der Waals surface area contributed by atoms with Gasteiger partial charge >= 0.3 is 0 Å². The first-order valence-electron chi connectivity index (χ1n) is 14.7. The number of aliphatic hydroxyl groups is 2. The van der Waals surface area contributed by atoms with E-state index >= 15 is 0 Å². The molecule has 0 unspecified atom stereocenters. The second-order valence-electron chi connectivity index (χ2n) is 13.9. The van der Waals surface area contributed by atoms with E-state index in [9.17, 15) is 10.2 Å². The molecule has 0 aromatic rings. The summed E-state index contributed by atoms with van der Waals surface area (Å²) in [7, 11) is 0. The van der Waals surface area contributed by atoms with Crippen molar-refractivity contribution in [2.45, 2.75) is 124 Å². The van der Waals surface area contributed by atoms with Crippen LogP contribution in [0.4, 0.5) is 0 Å². The molecule has 0 spiro atoms. The van der Waals surface area contributed by atoms with Gasteiger partial charge in [-0.1, -0.05) is 52.7 Å². The van der Waals surface area contributed by atoms with Crippen LogP contribution >= 0.6 is 0 Å². The van der Waals surface area contributed by atoms with Gasteiger partial charge in [-0.05, 0) is 117 Å². The maximum Gasteiger partial charge on any atom is 0.0657 e. The molecule has 3 heteroatoms. The number of ether oxygens (including phenoxy) is 1. The van der Waals surface area contributed by atoms with Crippen molar-refractivity contribution in [1.29, 1.82) is 0 Å². The van der Waals surface area contributed by atoms with Gasteiger partial charge in [0.2, 0.25) is 0 Å². The molecule has 2 N–H and O–H groups in total. The van der Waals surface area contributed by atoms with E-state index in [-0.39, 0.29) is 11.5 Å². The first-order valence-corrected chi connectivity index (χ1v) is 14.7. The molecule has 3 nitrogen and oxygen atoms in total. The molecule has 0 radical (unpaired) electrons. The molecular weight excluding hydrogens is 420 g/mol. The van der Waals surface area contributed by atoms with Gasteiger partial charge in [-0.25, -0.2) is 0 Å². The topological polar surface area (TPSA) is 49.7 Å². The minimum Gasteiger partial charge on any atom is -0.393 e. The fourth-order valence-corrected chi connectivity index (χ4v) is 9.36. The number of allylic oxidation sites excluding steroid dienone is 1. The van der Waals surface area contributed by atoms with Crippen LogP contribution in [0.3, 0.4) is 0 Å². The zero-order valence-corrected chi connectivity index (χ0v) is 23.1. The molecule has 2 saturated carbocycles. The van der Waals surface area contributed by atoms with Gasteiger partial charge in [0, 0.05) is 13.2 Å². The summed E-state index contributed by atoms with van der Waals surface area (Å²) in [5.41, 5.74) is 1.66. The molecule has 196 valence electrons. The highest BCUT2D eigenvalue weighted by Gasteiger charge is 2.55. The lowest BCUT2D eigenvalue weighted by atomic mass is 9.50. The lowest BCUT2D eigenvalue weighted by Gasteiger charge is -2.55.